The Morgan fingerprint density at radius 1 is 1.26 bits per heavy atom. The molecule has 0 saturated carbocycles. The zero-order valence-corrected chi connectivity index (χ0v) is 14.7. The SMILES string of the molecule is NC(=O)c1cn2c(c(OCc3ccccc3)c1=O)C(=O)N1CCCNC1C2. The van der Waals surface area contributed by atoms with Gasteiger partial charge in [0, 0.05) is 12.7 Å². The lowest BCUT2D eigenvalue weighted by Gasteiger charge is -2.41. The Balaban J connectivity index is 1.79. The van der Waals surface area contributed by atoms with Crippen molar-refractivity contribution in [1.82, 2.24) is 14.8 Å². The van der Waals surface area contributed by atoms with Gasteiger partial charge in [-0.25, -0.2) is 0 Å². The van der Waals surface area contributed by atoms with Crippen molar-refractivity contribution in [3.8, 4) is 5.75 Å². The molecule has 8 heteroatoms. The molecule has 1 aromatic heterocycles. The van der Waals surface area contributed by atoms with Gasteiger partial charge in [-0.15, -0.1) is 0 Å². The van der Waals surface area contributed by atoms with Gasteiger partial charge in [0.25, 0.3) is 11.8 Å². The van der Waals surface area contributed by atoms with Gasteiger partial charge in [-0.2, -0.15) is 0 Å². The summed E-state index contributed by atoms with van der Waals surface area (Å²) in [4.78, 5) is 39.3. The topological polar surface area (TPSA) is 107 Å². The molecule has 1 atom stereocenters. The maximum absolute atomic E-state index is 13.0. The fraction of sp³-hybridized carbons (Fsp3) is 0.316. The molecule has 1 unspecified atom stereocenters. The Hall–Kier alpha value is -3.13. The van der Waals surface area contributed by atoms with Crippen molar-refractivity contribution in [2.45, 2.75) is 25.7 Å². The average Bonchev–Trinajstić information content (AvgIpc) is 2.68. The molecule has 0 radical (unpaired) electrons. The minimum atomic E-state index is -0.841. The molecule has 1 aromatic carbocycles. The van der Waals surface area contributed by atoms with Gasteiger partial charge >= 0.3 is 0 Å². The van der Waals surface area contributed by atoms with Crippen LogP contribution in [-0.2, 0) is 13.2 Å². The number of carbonyl (C=O) groups is 2. The number of nitrogens with two attached hydrogens (primary N) is 1. The predicted molar refractivity (Wildman–Crippen MR) is 97.4 cm³/mol. The van der Waals surface area contributed by atoms with Crippen molar-refractivity contribution in [1.29, 1.82) is 0 Å². The highest BCUT2D eigenvalue weighted by Gasteiger charge is 2.37. The van der Waals surface area contributed by atoms with Gasteiger partial charge in [0.05, 0.1) is 6.54 Å². The highest BCUT2D eigenvalue weighted by molar-refractivity contribution is 5.98. The first-order valence-corrected chi connectivity index (χ1v) is 8.84. The monoisotopic (exact) mass is 368 g/mol. The molecule has 3 N–H and O–H groups in total. The normalized spacial score (nSPS) is 18.6. The molecule has 2 amide bonds. The minimum Gasteiger partial charge on any atom is -0.483 e. The van der Waals surface area contributed by atoms with Gasteiger partial charge in [-0.3, -0.25) is 19.7 Å². The summed E-state index contributed by atoms with van der Waals surface area (Å²) in [7, 11) is 0. The zero-order chi connectivity index (χ0) is 19.0. The number of fused-ring (bicyclic) bond motifs is 2. The van der Waals surface area contributed by atoms with Crippen LogP contribution in [0.1, 0.15) is 32.8 Å². The van der Waals surface area contributed by atoms with E-state index in [0.29, 0.717) is 13.1 Å². The fourth-order valence-corrected chi connectivity index (χ4v) is 3.56. The van der Waals surface area contributed by atoms with Crippen LogP contribution in [0.4, 0.5) is 0 Å². The van der Waals surface area contributed by atoms with E-state index in [9.17, 15) is 14.4 Å². The van der Waals surface area contributed by atoms with Crippen molar-refractivity contribution >= 4 is 11.8 Å². The number of amides is 2. The van der Waals surface area contributed by atoms with Crippen molar-refractivity contribution in [3.63, 3.8) is 0 Å². The number of ether oxygens (including phenoxy) is 1. The van der Waals surface area contributed by atoms with Crippen LogP contribution in [0.2, 0.25) is 0 Å². The number of nitrogens with zero attached hydrogens (tertiary/aromatic N) is 2. The first-order valence-electron chi connectivity index (χ1n) is 8.84. The van der Waals surface area contributed by atoms with Gasteiger partial charge in [0.2, 0.25) is 5.43 Å². The summed E-state index contributed by atoms with van der Waals surface area (Å²) in [6.45, 7) is 1.95. The molecular formula is C19H20N4O4. The summed E-state index contributed by atoms with van der Waals surface area (Å²) in [5, 5.41) is 3.28. The molecule has 0 bridgehead atoms. The number of carbonyl (C=O) groups excluding carboxylic acids is 2. The van der Waals surface area contributed by atoms with E-state index in [-0.39, 0.29) is 35.7 Å². The summed E-state index contributed by atoms with van der Waals surface area (Å²) in [5.41, 5.74) is 5.55. The van der Waals surface area contributed by atoms with Crippen LogP contribution < -0.4 is 21.2 Å². The number of pyridine rings is 1. The molecule has 8 nitrogen and oxygen atoms in total. The van der Waals surface area contributed by atoms with Gasteiger partial charge in [-0.1, -0.05) is 30.3 Å². The molecule has 140 valence electrons. The quantitative estimate of drug-likeness (QED) is 0.807. The van der Waals surface area contributed by atoms with Crippen LogP contribution in [-0.4, -0.2) is 40.5 Å². The standard InChI is InChI=1S/C19H20N4O4/c20-18(25)13-9-22-10-14-21-7-4-8-23(14)19(26)15(22)17(16(13)24)27-11-12-5-2-1-3-6-12/h1-3,5-6,9,14,21H,4,7-8,10-11H2,(H2,20,25). The molecule has 0 spiro atoms. The van der Waals surface area contributed by atoms with Gasteiger partial charge in [-0.05, 0) is 18.5 Å². The van der Waals surface area contributed by atoms with E-state index in [0.717, 1.165) is 18.5 Å². The summed E-state index contributed by atoms with van der Waals surface area (Å²) in [6.07, 6.45) is 2.02. The van der Waals surface area contributed by atoms with E-state index >= 15 is 0 Å². The lowest BCUT2D eigenvalue weighted by molar-refractivity contribution is 0.0459. The van der Waals surface area contributed by atoms with Gasteiger partial charge in [0.15, 0.2) is 11.4 Å². The number of hydrogen-bond donors (Lipinski definition) is 2. The van der Waals surface area contributed by atoms with Crippen molar-refractivity contribution < 1.29 is 14.3 Å². The van der Waals surface area contributed by atoms with Crippen LogP contribution in [0.15, 0.2) is 41.3 Å². The summed E-state index contributed by atoms with van der Waals surface area (Å²) in [5.74, 6) is -1.25. The molecule has 0 aliphatic carbocycles. The zero-order valence-electron chi connectivity index (χ0n) is 14.7. The van der Waals surface area contributed by atoms with Crippen molar-refractivity contribution in [2.24, 2.45) is 5.73 Å². The van der Waals surface area contributed by atoms with E-state index in [1.54, 1.807) is 9.47 Å². The van der Waals surface area contributed by atoms with Crippen LogP contribution >= 0.6 is 0 Å². The average molecular weight is 368 g/mol. The van der Waals surface area contributed by atoms with Crippen LogP contribution in [0.25, 0.3) is 0 Å². The third-order valence-electron chi connectivity index (χ3n) is 4.89. The highest BCUT2D eigenvalue weighted by Crippen LogP contribution is 2.25. The van der Waals surface area contributed by atoms with E-state index in [4.69, 9.17) is 10.5 Å². The van der Waals surface area contributed by atoms with Gasteiger partial charge < -0.3 is 19.9 Å². The predicted octanol–water partition coefficient (Wildman–Crippen LogP) is 0.301. The summed E-state index contributed by atoms with van der Waals surface area (Å²) >= 11 is 0. The van der Waals surface area contributed by atoms with E-state index in [2.05, 4.69) is 5.32 Å². The molecule has 2 aromatic rings. The second-order valence-electron chi connectivity index (χ2n) is 6.66. The Kier molecular flexibility index (Phi) is 4.41. The Bertz CT molecular complexity index is 954. The number of aromatic nitrogens is 1. The van der Waals surface area contributed by atoms with E-state index in [1.807, 2.05) is 30.3 Å². The van der Waals surface area contributed by atoms with Crippen molar-refractivity contribution in [3.05, 3.63) is 63.6 Å². The first-order chi connectivity index (χ1) is 13.1. The Morgan fingerprint density at radius 2 is 2.04 bits per heavy atom. The molecule has 2 aliphatic heterocycles. The number of benzene rings is 1. The first kappa shape index (κ1) is 17.3. The molecule has 1 fully saturated rings. The Morgan fingerprint density at radius 3 is 2.78 bits per heavy atom. The van der Waals surface area contributed by atoms with E-state index in [1.165, 1.54) is 6.20 Å². The molecule has 4 rings (SSSR count). The third kappa shape index (κ3) is 3.08. The summed E-state index contributed by atoms with van der Waals surface area (Å²) < 4.78 is 7.35. The van der Waals surface area contributed by atoms with Crippen LogP contribution in [0.5, 0.6) is 5.75 Å². The minimum absolute atomic E-state index is 0.111. The largest absolute Gasteiger partial charge is 0.483 e. The van der Waals surface area contributed by atoms with Crippen LogP contribution in [0.3, 0.4) is 0 Å². The number of hydrogen-bond acceptors (Lipinski definition) is 5. The molecule has 2 aliphatic rings. The maximum Gasteiger partial charge on any atom is 0.275 e. The lowest BCUT2D eigenvalue weighted by Crippen LogP contribution is -2.59. The third-order valence-corrected chi connectivity index (χ3v) is 4.89. The fourth-order valence-electron chi connectivity index (χ4n) is 3.56. The Labute approximate surface area is 155 Å². The second kappa shape index (κ2) is 6.88. The number of nitrogens with one attached hydrogen (secondary N) is 1. The molecule has 27 heavy (non-hydrogen) atoms. The lowest BCUT2D eigenvalue weighted by atomic mass is 10.1. The molecule has 3 heterocycles. The molecular weight excluding hydrogens is 348 g/mol. The van der Waals surface area contributed by atoms with E-state index < -0.39 is 11.3 Å². The summed E-state index contributed by atoms with van der Waals surface area (Å²) in [6, 6.07) is 9.30. The number of primary amides is 1. The molecule has 1 saturated heterocycles. The van der Waals surface area contributed by atoms with Gasteiger partial charge in [0.1, 0.15) is 18.3 Å². The maximum atomic E-state index is 13.0. The smallest absolute Gasteiger partial charge is 0.275 e. The number of rotatable bonds is 4. The van der Waals surface area contributed by atoms with Crippen LogP contribution in [0, 0.1) is 0 Å². The highest BCUT2D eigenvalue weighted by atomic mass is 16.5. The second-order valence-corrected chi connectivity index (χ2v) is 6.66. The van der Waals surface area contributed by atoms with Crippen molar-refractivity contribution in [2.75, 3.05) is 13.1 Å².